The highest BCUT2D eigenvalue weighted by Gasteiger charge is 2.42. The van der Waals surface area contributed by atoms with Gasteiger partial charge in [-0.2, -0.15) is 0 Å². The van der Waals surface area contributed by atoms with E-state index in [4.69, 9.17) is 16.3 Å². The monoisotopic (exact) mass is 365 g/mol. The van der Waals surface area contributed by atoms with E-state index < -0.39 is 16.9 Å². The fourth-order valence-electron chi connectivity index (χ4n) is 3.00. The Morgan fingerprint density at radius 3 is 2.68 bits per heavy atom. The number of carbonyl (C=O) groups excluding carboxylic acids is 2. The first-order chi connectivity index (χ1) is 11.8. The lowest BCUT2D eigenvalue weighted by atomic mass is 9.94. The van der Waals surface area contributed by atoms with Gasteiger partial charge in [0.2, 0.25) is 0 Å². The second-order valence-corrected chi connectivity index (χ2v) is 6.35. The first-order valence-electron chi connectivity index (χ1n) is 7.67. The van der Waals surface area contributed by atoms with Crippen molar-refractivity contribution in [3.8, 4) is 0 Å². The van der Waals surface area contributed by atoms with Gasteiger partial charge >= 0.3 is 12.0 Å². The highest BCUT2D eigenvalue weighted by atomic mass is 35.5. The zero-order valence-electron chi connectivity index (χ0n) is 13.6. The van der Waals surface area contributed by atoms with Gasteiger partial charge in [0.25, 0.3) is 5.69 Å². The summed E-state index contributed by atoms with van der Waals surface area (Å²) in [5.41, 5.74) is 0.853. The zero-order valence-corrected chi connectivity index (χ0v) is 14.4. The lowest BCUT2D eigenvalue weighted by molar-refractivity contribution is -0.384. The number of nitrogens with one attached hydrogen (secondary N) is 1. The van der Waals surface area contributed by atoms with Crippen molar-refractivity contribution in [3.63, 3.8) is 0 Å². The maximum Gasteiger partial charge on any atom is 0.337 e. The van der Waals surface area contributed by atoms with E-state index in [2.05, 4.69) is 5.32 Å². The molecule has 0 radical (unpaired) electrons. The first-order valence-corrected chi connectivity index (χ1v) is 8.05. The topological polar surface area (TPSA) is 102 Å². The van der Waals surface area contributed by atoms with Gasteiger partial charge in [0, 0.05) is 17.8 Å². The molecule has 8 nitrogen and oxygen atoms in total. The van der Waals surface area contributed by atoms with Crippen LogP contribution in [0.1, 0.15) is 31.4 Å². The number of amides is 2. The first kappa shape index (κ1) is 17.2. The number of hydrogen-bond acceptors (Lipinski definition) is 5. The molecule has 0 unspecified atom stereocenters. The number of esters is 1. The molecule has 1 heterocycles. The minimum Gasteiger partial charge on any atom is -0.466 e. The van der Waals surface area contributed by atoms with E-state index in [1.807, 2.05) is 0 Å². The molecule has 2 amide bonds. The molecule has 1 aromatic carbocycles. The van der Waals surface area contributed by atoms with Crippen LogP contribution < -0.4 is 5.32 Å². The van der Waals surface area contributed by atoms with Gasteiger partial charge in [-0.25, -0.2) is 9.59 Å². The molecule has 1 N–H and O–H groups in total. The minimum atomic E-state index is -0.842. The van der Waals surface area contributed by atoms with Gasteiger partial charge in [0.05, 0.1) is 23.6 Å². The van der Waals surface area contributed by atoms with E-state index in [9.17, 15) is 19.7 Å². The van der Waals surface area contributed by atoms with E-state index in [1.165, 1.54) is 19.2 Å². The minimum absolute atomic E-state index is 0.0178. The highest BCUT2D eigenvalue weighted by molar-refractivity contribution is 6.32. The number of nitro groups is 1. The van der Waals surface area contributed by atoms with Crippen molar-refractivity contribution in [2.24, 2.45) is 0 Å². The molecule has 3 rings (SSSR count). The van der Waals surface area contributed by atoms with Crippen molar-refractivity contribution in [1.82, 2.24) is 10.2 Å². The Morgan fingerprint density at radius 1 is 1.44 bits per heavy atom. The summed E-state index contributed by atoms with van der Waals surface area (Å²) in [7, 11) is 1.25. The average molecular weight is 366 g/mol. The van der Waals surface area contributed by atoms with Crippen LogP contribution in [-0.4, -0.2) is 35.0 Å². The Labute approximate surface area is 148 Å². The summed E-state index contributed by atoms with van der Waals surface area (Å²) in [6.45, 7) is 1.68. The van der Waals surface area contributed by atoms with E-state index in [1.54, 1.807) is 17.9 Å². The third kappa shape index (κ3) is 3.05. The number of nitro benzene ring substituents is 1. The summed E-state index contributed by atoms with van der Waals surface area (Å²) in [4.78, 5) is 36.9. The van der Waals surface area contributed by atoms with Crippen molar-refractivity contribution in [2.45, 2.75) is 31.8 Å². The van der Waals surface area contributed by atoms with Crippen molar-refractivity contribution in [1.29, 1.82) is 0 Å². The van der Waals surface area contributed by atoms with Gasteiger partial charge < -0.3 is 10.1 Å². The summed E-state index contributed by atoms with van der Waals surface area (Å²) >= 11 is 5.85. The third-order valence-corrected chi connectivity index (χ3v) is 4.66. The average Bonchev–Trinajstić information content (AvgIpc) is 3.38. The predicted octanol–water partition coefficient (Wildman–Crippen LogP) is 2.92. The van der Waals surface area contributed by atoms with Crippen LogP contribution in [0.25, 0.3) is 0 Å². The van der Waals surface area contributed by atoms with Crippen molar-refractivity contribution in [3.05, 3.63) is 50.2 Å². The second kappa shape index (κ2) is 6.36. The molecule has 1 aromatic rings. The fraction of sp³-hybridized carbons (Fsp3) is 0.375. The lowest BCUT2D eigenvalue weighted by Crippen LogP contribution is -2.48. The number of ether oxygens (including phenoxy) is 1. The Balaban J connectivity index is 2.11. The van der Waals surface area contributed by atoms with Crippen LogP contribution in [0, 0.1) is 10.1 Å². The lowest BCUT2D eigenvalue weighted by Gasteiger charge is -2.35. The van der Waals surface area contributed by atoms with Crippen LogP contribution in [0.15, 0.2) is 29.5 Å². The normalized spacial score (nSPS) is 20.4. The maximum absolute atomic E-state index is 12.5. The summed E-state index contributed by atoms with van der Waals surface area (Å²) in [6, 6.07) is 3.07. The molecule has 1 aliphatic carbocycles. The quantitative estimate of drug-likeness (QED) is 0.502. The van der Waals surface area contributed by atoms with Gasteiger partial charge in [-0.3, -0.25) is 15.0 Å². The molecule has 2 aliphatic rings. The van der Waals surface area contributed by atoms with Crippen LogP contribution in [-0.2, 0) is 9.53 Å². The van der Waals surface area contributed by atoms with E-state index in [0.717, 1.165) is 12.8 Å². The molecular weight excluding hydrogens is 350 g/mol. The third-order valence-electron chi connectivity index (χ3n) is 4.34. The molecule has 132 valence electrons. The Hall–Kier alpha value is -2.61. The van der Waals surface area contributed by atoms with E-state index in [0.29, 0.717) is 11.3 Å². The smallest absolute Gasteiger partial charge is 0.337 e. The largest absolute Gasteiger partial charge is 0.466 e. The standard InChI is InChI=1S/C16H16ClN3O5/c1-8-13(15(21)25-2)14(18-16(22)19(8)10-4-5-10)9-3-6-11(17)12(7-9)20(23)24/h3,6-7,10,14H,4-5H2,1-2H3,(H,18,22)/t14-/m1/s1. The molecule has 25 heavy (non-hydrogen) atoms. The number of rotatable bonds is 4. The number of hydrogen-bond donors (Lipinski definition) is 1. The van der Waals surface area contributed by atoms with Crippen LogP contribution in [0.3, 0.4) is 0 Å². The molecule has 1 fully saturated rings. The van der Waals surface area contributed by atoms with Crippen molar-refractivity contribution < 1.29 is 19.2 Å². The van der Waals surface area contributed by atoms with Gasteiger partial charge in [0.15, 0.2) is 0 Å². The van der Waals surface area contributed by atoms with E-state index in [-0.39, 0.29) is 28.4 Å². The van der Waals surface area contributed by atoms with Crippen LogP contribution in [0.4, 0.5) is 10.5 Å². The van der Waals surface area contributed by atoms with Gasteiger partial charge in [-0.1, -0.05) is 17.7 Å². The van der Waals surface area contributed by atoms with Crippen LogP contribution in [0.2, 0.25) is 5.02 Å². The summed E-state index contributed by atoms with van der Waals surface area (Å²) < 4.78 is 4.86. The number of urea groups is 1. The molecule has 1 aliphatic heterocycles. The highest BCUT2D eigenvalue weighted by Crippen LogP contribution is 2.39. The molecule has 0 saturated heterocycles. The van der Waals surface area contributed by atoms with Gasteiger partial charge in [-0.15, -0.1) is 0 Å². The Kier molecular flexibility index (Phi) is 4.38. The predicted molar refractivity (Wildman–Crippen MR) is 89.0 cm³/mol. The van der Waals surface area contributed by atoms with E-state index >= 15 is 0 Å². The number of carbonyl (C=O) groups is 2. The molecule has 1 saturated carbocycles. The molecule has 0 spiro atoms. The Morgan fingerprint density at radius 2 is 2.12 bits per heavy atom. The van der Waals surface area contributed by atoms with Gasteiger partial charge in [-0.05, 0) is 31.4 Å². The summed E-state index contributed by atoms with van der Waals surface area (Å²) in [5, 5.41) is 13.9. The summed E-state index contributed by atoms with van der Waals surface area (Å²) in [5.74, 6) is -0.592. The maximum atomic E-state index is 12.5. The number of nitrogens with zero attached hydrogens (tertiary/aromatic N) is 2. The molecule has 9 heteroatoms. The zero-order chi connectivity index (χ0) is 18.3. The second-order valence-electron chi connectivity index (χ2n) is 5.94. The molecule has 0 aromatic heterocycles. The molecular formula is C16H16ClN3O5. The Bertz CT molecular complexity index is 803. The number of benzene rings is 1. The van der Waals surface area contributed by atoms with Crippen LogP contribution >= 0.6 is 11.6 Å². The number of allylic oxidation sites excluding steroid dienone is 1. The van der Waals surface area contributed by atoms with Crippen LogP contribution in [0.5, 0.6) is 0 Å². The SMILES string of the molecule is COC(=O)C1=C(C)N(C2CC2)C(=O)N[C@@H]1c1ccc(Cl)c([N+](=O)[O-])c1. The van der Waals surface area contributed by atoms with Crippen molar-refractivity contribution >= 4 is 29.3 Å². The van der Waals surface area contributed by atoms with Gasteiger partial charge in [0.1, 0.15) is 5.02 Å². The summed E-state index contributed by atoms with van der Waals surface area (Å²) in [6.07, 6.45) is 1.74. The molecule has 0 bridgehead atoms. The van der Waals surface area contributed by atoms with Crippen molar-refractivity contribution in [2.75, 3.05) is 7.11 Å². The number of halogens is 1. The number of methoxy groups -OCH3 is 1. The fourth-order valence-corrected chi connectivity index (χ4v) is 3.19. The molecule has 1 atom stereocenters.